The van der Waals surface area contributed by atoms with Gasteiger partial charge >= 0.3 is 0 Å². The minimum absolute atomic E-state index is 0. The number of nitrogens with one attached hydrogen (secondary N) is 1. The molecule has 0 spiro atoms. The maximum atomic E-state index is 3.28. The predicted octanol–water partition coefficient (Wildman–Crippen LogP) is 0.922. The van der Waals surface area contributed by atoms with Gasteiger partial charge in [-0.15, -0.1) is 0 Å². The molecule has 0 aromatic carbocycles. The van der Waals surface area contributed by atoms with Crippen LogP contribution in [0.1, 0.15) is 19.3 Å². The molecule has 0 bridgehead atoms. The molecule has 44 valence electrons. The fourth-order valence-electron chi connectivity index (χ4n) is 0.802. The van der Waals surface area contributed by atoms with E-state index in [0.29, 0.717) is 0 Å². The van der Waals surface area contributed by atoms with Crippen LogP contribution in [-0.2, 0) is 0 Å². The van der Waals surface area contributed by atoms with Crippen molar-refractivity contribution in [2.24, 2.45) is 0 Å². The highest BCUT2D eigenvalue weighted by Gasteiger charge is 1.93. The lowest BCUT2D eigenvalue weighted by molar-refractivity contribution is 0.520. The van der Waals surface area contributed by atoms with Gasteiger partial charge in [-0.1, -0.05) is 6.42 Å². The Balaban J connectivity index is 0.000000360. The van der Waals surface area contributed by atoms with Crippen LogP contribution in [-0.4, -0.2) is 13.1 Å². The molecule has 1 heterocycles. The average Bonchev–Trinajstić information content (AvgIpc) is 1.72. The summed E-state index contributed by atoms with van der Waals surface area (Å²) < 4.78 is 0. The first kappa shape index (κ1) is 6.92. The van der Waals surface area contributed by atoms with Crippen LogP contribution in [0.3, 0.4) is 0 Å². The monoisotopic (exact) mass is 102 g/mol. The summed E-state index contributed by atoms with van der Waals surface area (Å²) in [6.07, 6.45) is 4.22. The Labute approximate surface area is 44.9 Å². The Morgan fingerprint density at radius 3 is 1.57 bits per heavy atom. The van der Waals surface area contributed by atoms with Crippen LogP contribution in [0.15, 0.2) is 0 Å². The molecule has 0 aromatic rings. The van der Waals surface area contributed by atoms with Gasteiger partial charge in [0, 0.05) is 0 Å². The molecule has 1 fully saturated rings. The molecule has 4 N–H and O–H groups in total. The minimum atomic E-state index is 0. The van der Waals surface area contributed by atoms with E-state index in [4.69, 9.17) is 0 Å². The largest absolute Gasteiger partial charge is 0.344 e. The highest BCUT2D eigenvalue weighted by molar-refractivity contribution is 4.55. The van der Waals surface area contributed by atoms with Crippen molar-refractivity contribution in [3.8, 4) is 0 Å². The van der Waals surface area contributed by atoms with Gasteiger partial charge in [-0.2, -0.15) is 0 Å². The summed E-state index contributed by atoms with van der Waals surface area (Å²) >= 11 is 0. The second kappa shape index (κ2) is 4.09. The van der Waals surface area contributed by atoms with Gasteiger partial charge in [0.25, 0.3) is 0 Å². The smallest absolute Gasteiger partial charge is 0.00489 e. The lowest BCUT2D eigenvalue weighted by Gasteiger charge is -2.08. The average molecular weight is 102 g/mol. The molecular weight excluding hydrogens is 88.1 g/mol. The maximum Gasteiger partial charge on any atom is -0.00489 e. The van der Waals surface area contributed by atoms with Crippen LogP contribution < -0.4 is 11.5 Å². The molecular formula is C5H14N2. The fraction of sp³-hybridized carbons (Fsp3) is 1.00. The summed E-state index contributed by atoms with van der Waals surface area (Å²) in [5.74, 6) is 0. The summed E-state index contributed by atoms with van der Waals surface area (Å²) in [5, 5.41) is 3.28. The lowest BCUT2D eigenvalue weighted by Crippen LogP contribution is -2.21. The van der Waals surface area contributed by atoms with Gasteiger partial charge in [-0.05, 0) is 25.9 Å². The van der Waals surface area contributed by atoms with E-state index in [0.717, 1.165) is 0 Å². The molecule has 0 saturated carbocycles. The van der Waals surface area contributed by atoms with Crippen molar-refractivity contribution in [3.63, 3.8) is 0 Å². The second-order valence-corrected chi connectivity index (χ2v) is 1.81. The highest BCUT2D eigenvalue weighted by Crippen LogP contribution is 1.96. The zero-order chi connectivity index (χ0) is 4.24. The number of rotatable bonds is 0. The molecule has 1 aliphatic rings. The summed E-state index contributed by atoms with van der Waals surface area (Å²) in [7, 11) is 0. The number of hydrogen-bond donors (Lipinski definition) is 2. The van der Waals surface area contributed by atoms with E-state index in [2.05, 4.69) is 5.32 Å². The van der Waals surface area contributed by atoms with Gasteiger partial charge in [-0.25, -0.2) is 0 Å². The van der Waals surface area contributed by atoms with E-state index in [9.17, 15) is 0 Å². The Kier molecular flexibility index (Phi) is 4.04. The van der Waals surface area contributed by atoms with Crippen molar-refractivity contribution in [1.29, 1.82) is 0 Å². The molecule has 2 nitrogen and oxygen atoms in total. The van der Waals surface area contributed by atoms with E-state index in [1.807, 2.05) is 0 Å². The van der Waals surface area contributed by atoms with E-state index in [1.54, 1.807) is 0 Å². The number of piperidine rings is 1. The van der Waals surface area contributed by atoms with Crippen LogP contribution in [0, 0.1) is 0 Å². The Hall–Kier alpha value is -0.0800. The molecule has 0 unspecified atom stereocenters. The van der Waals surface area contributed by atoms with Gasteiger partial charge in [0.15, 0.2) is 0 Å². The van der Waals surface area contributed by atoms with Gasteiger partial charge in [-0.3, -0.25) is 0 Å². The third-order valence-electron chi connectivity index (χ3n) is 1.21. The van der Waals surface area contributed by atoms with E-state index >= 15 is 0 Å². The molecule has 0 atom stereocenters. The Morgan fingerprint density at radius 1 is 0.857 bits per heavy atom. The third-order valence-corrected chi connectivity index (χ3v) is 1.21. The predicted molar refractivity (Wildman–Crippen MR) is 31.7 cm³/mol. The molecule has 1 saturated heterocycles. The zero-order valence-electron chi connectivity index (χ0n) is 4.74. The van der Waals surface area contributed by atoms with Crippen molar-refractivity contribution in [2.45, 2.75) is 19.3 Å². The molecule has 0 aliphatic carbocycles. The van der Waals surface area contributed by atoms with E-state index in [1.165, 1.54) is 32.4 Å². The second-order valence-electron chi connectivity index (χ2n) is 1.81. The lowest BCUT2D eigenvalue weighted by atomic mass is 10.2. The quantitative estimate of drug-likeness (QED) is 0.478. The Bertz CT molecular complexity index is 21.6. The first-order valence-corrected chi connectivity index (χ1v) is 2.71. The van der Waals surface area contributed by atoms with Crippen molar-refractivity contribution in [2.75, 3.05) is 13.1 Å². The summed E-state index contributed by atoms with van der Waals surface area (Å²) in [4.78, 5) is 0. The fourth-order valence-corrected chi connectivity index (χ4v) is 0.802. The Morgan fingerprint density at radius 2 is 1.43 bits per heavy atom. The van der Waals surface area contributed by atoms with E-state index in [-0.39, 0.29) is 6.15 Å². The van der Waals surface area contributed by atoms with Crippen LogP contribution in [0.4, 0.5) is 0 Å². The van der Waals surface area contributed by atoms with Crippen molar-refractivity contribution in [1.82, 2.24) is 11.5 Å². The SMILES string of the molecule is C1CCNCC1.N. The van der Waals surface area contributed by atoms with Gasteiger partial charge in [0.2, 0.25) is 0 Å². The molecule has 0 aromatic heterocycles. The van der Waals surface area contributed by atoms with Crippen molar-refractivity contribution in [3.05, 3.63) is 0 Å². The summed E-state index contributed by atoms with van der Waals surface area (Å²) in [5.41, 5.74) is 0. The maximum absolute atomic E-state index is 3.28. The topological polar surface area (TPSA) is 47.0 Å². The summed E-state index contributed by atoms with van der Waals surface area (Å²) in [6, 6.07) is 0. The van der Waals surface area contributed by atoms with Crippen molar-refractivity contribution < 1.29 is 0 Å². The first-order valence-electron chi connectivity index (χ1n) is 2.71. The van der Waals surface area contributed by atoms with Crippen molar-refractivity contribution >= 4 is 0 Å². The van der Waals surface area contributed by atoms with Gasteiger partial charge in [0.1, 0.15) is 0 Å². The molecule has 1 rings (SSSR count). The highest BCUT2D eigenvalue weighted by atomic mass is 14.9. The molecule has 0 amide bonds. The first-order chi connectivity index (χ1) is 3.00. The molecule has 7 heavy (non-hydrogen) atoms. The van der Waals surface area contributed by atoms with E-state index < -0.39 is 0 Å². The van der Waals surface area contributed by atoms with Crippen LogP contribution >= 0.6 is 0 Å². The normalized spacial score (nSPS) is 20.6. The molecule has 1 aliphatic heterocycles. The zero-order valence-corrected chi connectivity index (χ0v) is 4.74. The van der Waals surface area contributed by atoms with Crippen LogP contribution in [0.25, 0.3) is 0 Å². The van der Waals surface area contributed by atoms with Gasteiger partial charge in [0.05, 0.1) is 0 Å². The summed E-state index contributed by atoms with van der Waals surface area (Å²) in [6.45, 7) is 2.50. The van der Waals surface area contributed by atoms with Gasteiger partial charge < -0.3 is 11.5 Å². The standard InChI is InChI=1S/C5H11N.H3N/c1-2-4-6-5-3-1;/h6H,1-5H2;1H3. The van der Waals surface area contributed by atoms with Crippen LogP contribution in [0.5, 0.6) is 0 Å². The third kappa shape index (κ3) is 2.60. The minimum Gasteiger partial charge on any atom is -0.344 e. The molecule has 2 heteroatoms. The van der Waals surface area contributed by atoms with Crippen LogP contribution in [0.2, 0.25) is 0 Å². The number of hydrogen-bond acceptors (Lipinski definition) is 2. The molecule has 0 radical (unpaired) electrons.